The van der Waals surface area contributed by atoms with Gasteiger partial charge in [0.15, 0.2) is 0 Å². The molecule has 1 unspecified atom stereocenters. The fraction of sp³-hybridized carbons (Fsp3) is 0.375. The summed E-state index contributed by atoms with van der Waals surface area (Å²) in [4.78, 5) is 41.4. The summed E-state index contributed by atoms with van der Waals surface area (Å²) in [5, 5.41) is 0. The molecule has 33 heavy (non-hydrogen) atoms. The molecule has 0 aliphatic carbocycles. The van der Waals surface area contributed by atoms with Gasteiger partial charge >= 0.3 is 12.6 Å². The van der Waals surface area contributed by atoms with Gasteiger partial charge in [0.2, 0.25) is 5.91 Å². The van der Waals surface area contributed by atoms with Crippen LogP contribution in [0.1, 0.15) is 39.1 Å². The largest absolute Gasteiger partial charge is 0.465 e. The molecule has 2 aromatic rings. The number of rotatable bonds is 5. The number of ether oxygens (including phenoxy) is 2. The Balaban J connectivity index is 1.48. The maximum Gasteiger partial charge on any atom is 0.387 e. The van der Waals surface area contributed by atoms with E-state index in [0.29, 0.717) is 37.9 Å². The van der Waals surface area contributed by atoms with Crippen molar-refractivity contribution < 1.29 is 32.6 Å². The van der Waals surface area contributed by atoms with Crippen molar-refractivity contribution in [3.63, 3.8) is 0 Å². The number of anilines is 1. The third kappa shape index (κ3) is 4.67. The first kappa shape index (κ1) is 22.7. The van der Waals surface area contributed by atoms with Crippen LogP contribution in [-0.2, 0) is 16.0 Å². The van der Waals surface area contributed by atoms with E-state index in [1.54, 1.807) is 29.2 Å². The molecule has 2 aliphatic rings. The molecule has 7 nitrogen and oxygen atoms in total. The number of para-hydroxylation sites is 1. The van der Waals surface area contributed by atoms with Gasteiger partial charge in [0, 0.05) is 25.3 Å². The summed E-state index contributed by atoms with van der Waals surface area (Å²) in [6.45, 7) is -1.91. The number of carbonyl (C=O) groups is 3. The fourth-order valence-corrected chi connectivity index (χ4v) is 4.47. The monoisotopic (exact) mass is 458 g/mol. The molecule has 1 saturated heterocycles. The Hall–Kier alpha value is -3.49. The molecule has 1 atom stereocenters. The molecule has 1 fully saturated rings. The third-order valence-electron chi connectivity index (χ3n) is 6.05. The second-order valence-electron chi connectivity index (χ2n) is 8.04. The van der Waals surface area contributed by atoms with Crippen molar-refractivity contribution in [1.29, 1.82) is 0 Å². The maximum absolute atomic E-state index is 13.3. The molecule has 9 heteroatoms. The van der Waals surface area contributed by atoms with Crippen LogP contribution < -0.4 is 9.64 Å². The second kappa shape index (κ2) is 9.56. The van der Waals surface area contributed by atoms with E-state index in [1.807, 2.05) is 0 Å². The highest BCUT2D eigenvalue weighted by atomic mass is 19.3. The van der Waals surface area contributed by atoms with Crippen molar-refractivity contribution in [2.45, 2.75) is 25.9 Å². The lowest BCUT2D eigenvalue weighted by molar-refractivity contribution is -0.123. The predicted molar refractivity (Wildman–Crippen MR) is 116 cm³/mol. The van der Waals surface area contributed by atoms with Crippen LogP contribution >= 0.6 is 0 Å². The number of nitrogens with zero attached hydrogens (tertiary/aromatic N) is 2. The number of likely N-dealkylation sites (tertiary alicyclic amines) is 1. The Kier molecular flexibility index (Phi) is 6.57. The Morgan fingerprint density at radius 2 is 1.88 bits per heavy atom. The number of esters is 1. The number of fused-ring (bicyclic) bond motifs is 1. The molecular formula is C24H24F2N2O5. The Labute approximate surface area is 189 Å². The SMILES string of the molecule is COC(=O)c1ccc2c(c1)CCN2C(=O)C1CCCN(C(=O)c2ccccc2OC(F)F)C1. The van der Waals surface area contributed by atoms with E-state index >= 15 is 0 Å². The topological polar surface area (TPSA) is 76.2 Å². The van der Waals surface area contributed by atoms with E-state index in [4.69, 9.17) is 4.74 Å². The summed E-state index contributed by atoms with van der Waals surface area (Å²) < 4.78 is 34.7. The van der Waals surface area contributed by atoms with Gasteiger partial charge in [-0.1, -0.05) is 12.1 Å². The molecule has 0 bridgehead atoms. The summed E-state index contributed by atoms with van der Waals surface area (Å²) in [5.74, 6) is -1.54. The van der Waals surface area contributed by atoms with E-state index in [0.717, 1.165) is 11.3 Å². The Bertz CT molecular complexity index is 1070. The van der Waals surface area contributed by atoms with Gasteiger partial charge in [0.05, 0.1) is 24.2 Å². The first-order chi connectivity index (χ1) is 15.9. The molecule has 174 valence electrons. The predicted octanol–water partition coefficient (Wildman–Crippen LogP) is 3.52. The lowest BCUT2D eigenvalue weighted by Crippen LogP contribution is -2.46. The molecule has 2 aliphatic heterocycles. The molecule has 0 saturated carbocycles. The first-order valence-electron chi connectivity index (χ1n) is 10.7. The summed E-state index contributed by atoms with van der Waals surface area (Å²) in [7, 11) is 1.32. The zero-order valence-corrected chi connectivity index (χ0v) is 18.1. The van der Waals surface area contributed by atoms with Gasteiger partial charge in [0.25, 0.3) is 5.91 Å². The zero-order valence-electron chi connectivity index (χ0n) is 18.1. The van der Waals surface area contributed by atoms with Crippen molar-refractivity contribution in [3.8, 4) is 5.75 Å². The third-order valence-corrected chi connectivity index (χ3v) is 6.05. The van der Waals surface area contributed by atoms with Crippen LogP contribution in [-0.4, -0.2) is 56.0 Å². The molecule has 2 heterocycles. The van der Waals surface area contributed by atoms with Crippen LogP contribution in [0.25, 0.3) is 0 Å². The highest BCUT2D eigenvalue weighted by Crippen LogP contribution is 2.32. The average molecular weight is 458 g/mol. The number of benzene rings is 2. The minimum absolute atomic E-state index is 0.0488. The van der Waals surface area contributed by atoms with Gasteiger partial charge in [-0.05, 0) is 55.2 Å². The van der Waals surface area contributed by atoms with Gasteiger partial charge < -0.3 is 19.3 Å². The van der Waals surface area contributed by atoms with E-state index in [2.05, 4.69) is 4.74 Å². The number of hydrogen-bond acceptors (Lipinski definition) is 5. The number of halogens is 2. The van der Waals surface area contributed by atoms with Crippen molar-refractivity contribution in [1.82, 2.24) is 4.90 Å². The van der Waals surface area contributed by atoms with E-state index in [1.165, 1.54) is 30.2 Å². The Morgan fingerprint density at radius 1 is 1.09 bits per heavy atom. The number of carbonyl (C=O) groups excluding carboxylic acids is 3. The number of methoxy groups -OCH3 is 1. The highest BCUT2D eigenvalue weighted by Gasteiger charge is 2.35. The summed E-state index contributed by atoms with van der Waals surface area (Å²) >= 11 is 0. The zero-order chi connectivity index (χ0) is 23.5. The second-order valence-corrected chi connectivity index (χ2v) is 8.04. The van der Waals surface area contributed by atoms with Crippen LogP contribution in [0.15, 0.2) is 42.5 Å². The lowest BCUT2D eigenvalue weighted by atomic mass is 9.95. The lowest BCUT2D eigenvalue weighted by Gasteiger charge is -2.34. The van der Waals surface area contributed by atoms with E-state index in [9.17, 15) is 23.2 Å². The molecule has 0 spiro atoms. The molecular weight excluding hydrogens is 434 g/mol. The first-order valence-corrected chi connectivity index (χ1v) is 10.7. The smallest absolute Gasteiger partial charge is 0.387 e. The standard InChI is InChI=1S/C24H24F2N2O5/c1-32-23(31)16-8-9-19-15(13-16)10-12-28(19)21(29)17-5-4-11-27(14-17)22(30)18-6-2-3-7-20(18)33-24(25)26/h2-3,6-9,13,17,24H,4-5,10-12,14H2,1H3. The normalized spacial score (nSPS) is 17.6. The molecule has 4 rings (SSSR count). The number of amides is 2. The molecule has 0 radical (unpaired) electrons. The Morgan fingerprint density at radius 3 is 2.64 bits per heavy atom. The van der Waals surface area contributed by atoms with Crippen molar-refractivity contribution in [2.75, 3.05) is 31.6 Å². The quantitative estimate of drug-likeness (QED) is 0.641. The minimum atomic E-state index is -3.04. The van der Waals surface area contributed by atoms with Crippen LogP contribution in [0.3, 0.4) is 0 Å². The maximum atomic E-state index is 13.3. The molecule has 0 N–H and O–H groups in total. The highest BCUT2D eigenvalue weighted by molar-refractivity contribution is 6.00. The van der Waals surface area contributed by atoms with Crippen LogP contribution in [0.5, 0.6) is 5.75 Å². The van der Waals surface area contributed by atoms with Crippen LogP contribution in [0.2, 0.25) is 0 Å². The summed E-state index contributed by atoms with van der Waals surface area (Å²) in [6.07, 6.45) is 1.88. The number of hydrogen-bond donors (Lipinski definition) is 0. The van der Waals surface area contributed by atoms with Gasteiger partial charge in [-0.2, -0.15) is 8.78 Å². The van der Waals surface area contributed by atoms with Gasteiger partial charge in [-0.3, -0.25) is 9.59 Å². The fourth-order valence-electron chi connectivity index (χ4n) is 4.47. The van der Waals surface area contributed by atoms with Crippen LogP contribution in [0, 0.1) is 5.92 Å². The van der Waals surface area contributed by atoms with Gasteiger partial charge in [-0.25, -0.2) is 4.79 Å². The molecule has 2 amide bonds. The van der Waals surface area contributed by atoms with Crippen LogP contribution in [0.4, 0.5) is 14.5 Å². The summed E-state index contributed by atoms with van der Waals surface area (Å²) in [5.41, 5.74) is 2.14. The molecule has 0 aromatic heterocycles. The van der Waals surface area contributed by atoms with Crippen molar-refractivity contribution in [3.05, 3.63) is 59.2 Å². The molecule has 2 aromatic carbocycles. The van der Waals surface area contributed by atoms with Gasteiger partial charge in [0.1, 0.15) is 5.75 Å². The van der Waals surface area contributed by atoms with Crippen molar-refractivity contribution >= 4 is 23.5 Å². The van der Waals surface area contributed by atoms with E-state index in [-0.39, 0.29) is 23.8 Å². The minimum Gasteiger partial charge on any atom is -0.465 e. The summed E-state index contributed by atoms with van der Waals surface area (Å²) in [6, 6.07) is 11.0. The number of alkyl halides is 2. The number of piperidine rings is 1. The average Bonchev–Trinajstić information content (AvgIpc) is 3.26. The van der Waals surface area contributed by atoms with Crippen molar-refractivity contribution in [2.24, 2.45) is 5.92 Å². The van der Waals surface area contributed by atoms with Gasteiger partial charge in [-0.15, -0.1) is 0 Å². The van der Waals surface area contributed by atoms with E-state index < -0.39 is 24.4 Å².